The van der Waals surface area contributed by atoms with Crippen LogP contribution in [0.2, 0.25) is 5.02 Å². The summed E-state index contributed by atoms with van der Waals surface area (Å²) in [6.07, 6.45) is -2.56. The lowest BCUT2D eigenvalue weighted by Crippen LogP contribution is -2.18. The Hall–Kier alpha value is -0.190. The molecule has 0 aliphatic carbocycles. The predicted molar refractivity (Wildman–Crippen MR) is 52.1 cm³/mol. The van der Waals surface area contributed by atoms with E-state index in [1.807, 2.05) is 0 Å². The lowest BCUT2D eigenvalue weighted by molar-refractivity contribution is 0.116. The van der Waals surface area contributed by atoms with E-state index in [-0.39, 0.29) is 0 Å². The van der Waals surface area contributed by atoms with E-state index in [4.69, 9.17) is 17.3 Å². The number of benzene rings is 1. The van der Waals surface area contributed by atoms with Crippen molar-refractivity contribution >= 4 is 27.5 Å². The molecule has 13 heavy (non-hydrogen) atoms. The predicted octanol–water partition coefficient (Wildman–Crippen LogP) is 3.37. The lowest BCUT2D eigenvalue weighted by Gasteiger charge is -2.11. The third kappa shape index (κ3) is 2.62. The molecule has 1 aromatic rings. The van der Waals surface area contributed by atoms with Gasteiger partial charge in [0.1, 0.15) is 0 Å². The fourth-order valence-electron chi connectivity index (χ4n) is 0.865. The second-order valence-electron chi connectivity index (χ2n) is 2.53. The van der Waals surface area contributed by atoms with E-state index in [0.29, 0.717) is 15.1 Å². The van der Waals surface area contributed by atoms with Gasteiger partial charge < -0.3 is 5.73 Å². The van der Waals surface area contributed by atoms with Crippen molar-refractivity contribution in [2.24, 2.45) is 5.73 Å². The van der Waals surface area contributed by atoms with Crippen molar-refractivity contribution in [2.75, 3.05) is 0 Å². The molecule has 5 heteroatoms. The highest BCUT2D eigenvalue weighted by Gasteiger charge is 2.17. The zero-order valence-corrected chi connectivity index (χ0v) is 8.82. The van der Waals surface area contributed by atoms with Gasteiger partial charge in [0, 0.05) is 4.47 Å². The molecule has 1 nitrogen and oxygen atoms in total. The molecule has 2 N–H and O–H groups in total. The maximum atomic E-state index is 12.2. The van der Waals surface area contributed by atoms with Crippen molar-refractivity contribution in [2.45, 2.75) is 12.5 Å². The molecule has 0 heterocycles. The highest BCUT2D eigenvalue weighted by atomic mass is 79.9. The van der Waals surface area contributed by atoms with Crippen molar-refractivity contribution < 1.29 is 8.78 Å². The number of nitrogens with two attached hydrogens (primary N) is 1. The van der Waals surface area contributed by atoms with Crippen LogP contribution in [0.3, 0.4) is 0 Å². The van der Waals surface area contributed by atoms with E-state index in [1.54, 1.807) is 0 Å². The van der Waals surface area contributed by atoms with Gasteiger partial charge in [0.15, 0.2) is 0 Å². The third-order valence-electron chi connectivity index (χ3n) is 1.60. The number of halogens is 4. The van der Waals surface area contributed by atoms with Gasteiger partial charge in [-0.1, -0.05) is 17.7 Å². The Morgan fingerprint density at radius 1 is 1.38 bits per heavy atom. The Morgan fingerprint density at radius 3 is 2.46 bits per heavy atom. The molecule has 0 spiro atoms. The van der Waals surface area contributed by atoms with Crippen LogP contribution < -0.4 is 5.73 Å². The van der Waals surface area contributed by atoms with Crippen LogP contribution in [0.5, 0.6) is 0 Å². The molecule has 1 aromatic carbocycles. The summed E-state index contributed by atoms with van der Waals surface area (Å²) in [4.78, 5) is 0. The van der Waals surface area contributed by atoms with Crippen molar-refractivity contribution in [3.63, 3.8) is 0 Å². The normalized spacial score (nSPS) is 13.4. The summed E-state index contributed by atoms with van der Waals surface area (Å²) >= 11 is 8.82. The van der Waals surface area contributed by atoms with Crippen molar-refractivity contribution in [3.8, 4) is 0 Å². The van der Waals surface area contributed by atoms with Gasteiger partial charge >= 0.3 is 0 Å². The average Bonchev–Trinajstić information content (AvgIpc) is 2.08. The zero-order valence-electron chi connectivity index (χ0n) is 6.48. The Bertz CT molecular complexity index is 306. The molecule has 0 aromatic heterocycles. The highest BCUT2D eigenvalue weighted by Crippen LogP contribution is 2.27. The monoisotopic (exact) mass is 269 g/mol. The second kappa shape index (κ2) is 4.35. The zero-order chi connectivity index (χ0) is 10.0. The molecule has 0 amide bonds. The van der Waals surface area contributed by atoms with E-state index in [2.05, 4.69) is 15.9 Å². The first-order valence-corrected chi connectivity index (χ1v) is 4.68. The standard InChI is InChI=1S/C8H7BrClF2N/c9-5-3-4(1-2-6(5)10)7(13)8(11)12/h1-3,7-8H,13H2/t7-/m1/s1. The minimum absolute atomic E-state index is 0.367. The van der Waals surface area contributed by atoms with Crippen molar-refractivity contribution in [1.29, 1.82) is 0 Å². The maximum Gasteiger partial charge on any atom is 0.257 e. The molecule has 0 saturated carbocycles. The Morgan fingerprint density at radius 2 is 2.00 bits per heavy atom. The summed E-state index contributed by atoms with van der Waals surface area (Å²) in [7, 11) is 0. The Balaban J connectivity index is 2.97. The molecule has 0 saturated heterocycles. The van der Waals surface area contributed by atoms with Crippen LogP contribution in [0, 0.1) is 0 Å². The smallest absolute Gasteiger partial charge is 0.257 e. The number of alkyl halides is 2. The van der Waals surface area contributed by atoms with Crippen LogP contribution in [0.4, 0.5) is 8.78 Å². The van der Waals surface area contributed by atoms with Gasteiger partial charge in [0.25, 0.3) is 6.43 Å². The minimum atomic E-state index is -2.56. The fraction of sp³-hybridized carbons (Fsp3) is 0.250. The van der Waals surface area contributed by atoms with Gasteiger partial charge in [-0.05, 0) is 33.6 Å². The summed E-state index contributed by atoms with van der Waals surface area (Å²) in [5.41, 5.74) is 5.61. The van der Waals surface area contributed by atoms with E-state index >= 15 is 0 Å². The van der Waals surface area contributed by atoms with Gasteiger partial charge in [-0.2, -0.15) is 0 Å². The van der Waals surface area contributed by atoms with Gasteiger partial charge in [-0.15, -0.1) is 0 Å². The van der Waals surface area contributed by atoms with E-state index in [9.17, 15) is 8.78 Å². The molecule has 0 bridgehead atoms. The molecule has 0 unspecified atom stereocenters. The molecular formula is C8H7BrClF2N. The van der Waals surface area contributed by atoms with Gasteiger partial charge in [0.05, 0.1) is 11.1 Å². The van der Waals surface area contributed by atoms with E-state index < -0.39 is 12.5 Å². The number of hydrogen-bond donors (Lipinski definition) is 1. The molecule has 72 valence electrons. The summed E-state index contributed by atoms with van der Waals surface area (Å²) < 4.78 is 24.9. The molecule has 1 atom stereocenters. The van der Waals surface area contributed by atoms with Gasteiger partial charge in [-0.25, -0.2) is 8.78 Å². The summed E-state index contributed by atoms with van der Waals surface area (Å²) in [6, 6.07) is 3.26. The second-order valence-corrected chi connectivity index (χ2v) is 3.80. The van der Waals surface area contributed by atoms with Crippen LogP contribution in [0.15, 0.2) is 22.7 Å². The molecule has 0 fully saturated rings. The minimum Gasteiger partial charge on any atom is -0.319 e. The Kier molecular flexibility index (Phi) is 3.64. The largest absolute Gasteiger partial charge is 0.319 e. The first kappa shape index (κ1) is 10.9. The summed E-state index contributed by atoms with van der Waals surface area (Å²) in [5.74, 6) is 0. The number of rotatable bonds is 2. The molecular weight excluding hydrogens is 263 g/mol. The summed E-state index contributed by atoms with van der Waals surface area (Å²) in [5, 5.41) is 0.477. The van der Waals surface area contributed by atoms with Crippen molar-refractivity contribution in [1.82, 2.24) is 0 Å². The van der Waals surface area contributed by atoms with Crippen LogP contribution in [0.1, 0.15) is 11.6 Å². The van der Waals surface area contributed by atoms with Crippen LogP contribution in [-0.4, -0.2) is 6.43 Å². The van der Waals surface area contributed by atoms with Crippen LogP contribution >= 0.6 is 27.5 Å². The van der Waals surface area contributed by atoms with Crippen LogP contribution in [0.25, 0.3) is 0 Å². The molecule has 0 aliphatic heterocycles. The summed E-state index contributed by atoms with van der Waals surface area (Å²) in [6.45, 7) is 0. The first-order chi connectivity index (χ1) is 6.02. The topological polar surface area (TPSA) is 26.0 Å². The average molecular weight is 271 g/mol. The molecule has 1 rings (SSSR count). The third-order valence-corrected chi connectivity index (χ3v) is 2.81. The lowest BCUT2D eigenvalue weighted by atomic mass is 10.1. The van der Waals surface area contributed by atoms with Gasteiger partial charge in [-0.3, -0.25) is 0 Å². The SMILES string of the molecule is N[C@H](c1ccc(Cl)c(Br)c1)C(F)F. The van der Waals surface area contributed by atoms with E-state index in [1.165, 1.54) is 18.2 Å². The van der Waals surface area contributed by atoms with Crippen LogP contribution in [-0.2, 0) is 0 Å². The molecule has 0 radical (unpaired) electrons. The highest BCUT2D eigenvalue weighted by molar-refractivity contribution is 9.10. The molecule has 0 aliphatic rings. The number of hydrogen-bond acceptors (Lipinski definition) is 1. The van der Waals surface area contributed by atoms with Gasteiger partial charge in [0.2, 0.25) is 0 Å². The maximum absolute atomic E-state index is 12.2. The van der Waals surface area contributed by atoms with Crippen molar-refractivity contribution in [3.05, 3.63) is 33.3 Å². The fourth-order valence-corrected chi connectivity index (χ4v) is 1.38. The first-order valence-electron chi connectivity index (χ1n) is 3.51. The Labute approximate surface area is 88.0 Å². The van der Waals surface area contributed by atoms with E-state index in [0.717, 1.165) is 0 Å². The quantitative estimate of drug-likeness (QED) is 0.876.